The van der Waals surface area contributed by atoms with E-state index in [0.29, 0.717) is 30.3 Å². The first-order valence-corrected chi connectivity index (χ1v) is 9.30. The van der Waals surface area contributed by atoms with Crippen LogP contribution in [0.25, 0.3) is 0 Å². The zero-order valence-corrected chi connectivity index (χ0v) is 16.0. The number of hydrogen-bond acceptors (Lipinski definition) is 6. The minimum atomic E-state index is -0.561. The predicted octanol–water partition coefficient (Wildman–Crippen LogP) is 2.91. The third kappa shape index (κ3) is 5.00. The van der Waals surface area contributed by atoms with Crippen LogP contribution in [0.3, 0.4) is 0 Å². The van der Waals surface area contributed by atoms with Crippen molar-refractivity contribution in [2.45, 2.75) is 26.3 Å². The van der Waals surface area contributed by atoms with Crippen molar-refractivity contribution in [2.24, 2.45) is 5.92 Å². The molecule has 1 aliphatic heterocycles. The number of nitrogens with one attached hydrogen (secondary N) is 1. The number of pyridine rings is 1. The number of hydrogen-bond donors (Lipinski definition) is 1. The number of benzene rings is 1. The summed E-state index contributed by atoms with van der Waals surface area (Å²) in [7, 11) is 0. The SMILES string of the molecule is CC(C)[C@@H](NC(=O)COC(=O)c1ccncc1)c1ccc2c(c1)OCCCO2. The molecule has 2 heterocycles. The lowest BCUT2D eigenvalue weighted by Crippen LogP contribution is -2.35. The lowest BCUT2D eigenvalue weighted by atomic mass is 9.95. The Morgan fingerprint density at radius 1 is 1.11 bits per heavy atom. The second kappa shape index (κ2) is 9.21. The molecule has 0 spiro atoms. The molecule has 148 valence electrons. The van der Waals surface area contributed by atoms with Crippen LogP contribution in [0.1, 0.15) is 42.2 Å². The molecular weight excluding hydrogens is 360 g/mol. The molecule has 1 N–H and O–H groups in total. The van der Waals surface area contributed by atoms with Crippen molar-refractivity contribution in [1.29, 1.82) is 0 Å². The smallest absolute Gasteiger partial charge is 0.338 e. The maximum atomic E-state index is 12.4. The van der Waals surface area contributed by atoms with Crippen molar-refractivity contribution in [2.75, 3.05) is 19.8 Å². The molecule has 0 saturated heterocycles. The van der Waals surface area contributed by atoms with Gasteiger partial charge in [-0.15, -0.1) is 0 Å². The van der Waals surface area contributed by atoms with Gasteiger partial charge >= 0.3 is 5.97 Å². The summed E-state index contributed by atoms with van der Waals surface area (Å²) < 4.78 is 16.5. The Hall–Kier alpha value is -3.09. The number of esters is 1. The molecule has 0 fully saturated rings. The van der Waals surface area contributed by atoms with Gasteiger partial charge in [-0.3, -0.25) is 9.78 Å². The average Bonchev–Trinajstić information content (AvgIpc) is 2.95. The summed E-state index contributed by atoms with van der Waals surface area (Å²) in [5, 5.41) is 2.94. The summed E-state index contributed by atoms with van der Waals surface area (Å²) in [4.78, 5) is 28.2. The zero-order chi connectivity index (χ0) is 19.9. The molecule has 28 heavy (non-hydrogen) atoms. The third-order valence-corrected chi connectivity index (χ3v) is 4.36. The van der Waals surface area contributed by atoms with Crippen LogP contribution in [0.2, 0.25) is 0 Å². The Morgan fingerprint density at radius 3 is 2.54 bits per heavy atom. The van der Waals surface area contributed by atoms with Gasteiger partial charge in [0.05, 0.1) is 24.8 Å². The van der Waals surface area contributed by atoms with Crippen molar-refractivity contribution in [3.63, 3.8) is 0 Å². The zero-order valence-electron chi connectivity index (χ0n) is 16.0. The number of amides is 1. The van der Waals surface area contributed by atoms with Gasteiger partial charge in [0.1, 0.15) is 0 Å². The van der Waals surface area contributed by atoms with Gasteiger partial charge in [0.2, 0.25) is 0 Å². The minimum Gasteiger partial charge on any atom is -0.490 e. The topological polar surface area (TPSA) is 86.8 Å². The normalized spacial score (nSPS) is 14.1. The third-order valence-electron chi connectivity index (χ3n) is 4.36. The van der Waals surface area contributed by atoms with E-state index in [1.165, 1.54) is 24.5 Å². The number of carbonyl (C=O) groups excluding carboxylic acids is 2. The minimum absolute atomic E-state index is 0.129. The van der Waals surface area contributed by atoms with Gasteiger partial charge in [0.25, 0.3) is 5.91 Å². The fourth-order valence-corrected chi connectivity index (χ4v) is 2.93. The van der Waals surface area contributed by atoms with Crippen LogP contribution in [0.15, 0.2) is 42.7 Å². The van der Waals surface area contributed by atoms with Gasteiger partial charge in [-0.05, 0) is 35.7 Å². The van der Waals surface area contributed by atoms with E-state index >= 15 is 0 Å². The summed E-state index contributed by atoms with van der Waals surface area (Å²) in [6.07, 6.45) is 3.82. The van der Waals surface area contributed by atoms with E-state index in [1.807, 2.05) is 32.0 Å². The van der Waals surface area contributed by atoms with Gasteiger partial charge < -0.3 is 19.5 Å². The molecule has 3 rings (SSSR count). The largest absolute Gasteiger partial charge is 0.490 e. The van der Waals surface area contributed by atoms with Crippen LogP contribution in [-0.4, -0.2) is 36.7 Å². The lowest BCUT2D eigenvalue weighted by molar-refractivity contribution is -0.125. The number of rotatable bonds is 6. The van der Waals surface area contributed by atoms with E-state index in [9.17, 15) is 9.59 Å². The molecule has 1 aromatic carbocycles. The molecule has 7 nitrogen and oxygen atoms in total. The molecule has 1 aromatic heterocycles. The Balaban J connectivity index is 1.63. The molecule has 0 unspecified atom stereocenters. The van der Waals surface area contributed by atoms with Crippen LogP contribution in [0.5, 0.6) is 11.5 Å². The highest BCUT2D eigenvalue weighted by Gasteiger charge is 2.22. The molecule has 1 aliphatic rings. The standard InChI is InChI=1S/C21H24N2O5/c1-14(2)20(16-4-5-17-18(12-16)27-11-3-10-26-17)23-19(24)13-28-21(25)15-6-8-22-9-7-15/h4-9,12,14,20H,3,10-11,13H2,1-2H3,(H,23,24)/t20-/m1/s1. The molecule has 7 heteroatoms. The van der Waals surface area contributed by atoms with E-state index in [1.54, 1.807) is 0 Å². The van der Waals surface area contributed by atoms with Gasteiger partial charge in [0.15, 0.2) is 18.1 Å². The molecular formula is C21H24N2O5. The van der Waals surface area contributed by atoms with Gasteiger partial charge in [-0.2, -0.15) is 0 Å². The van der Waals surface area contributed by atoms with Gasteiger partial charge in [-0.1, -0.05) is 19.9 Å². The van der Waals surface area contributed by atoms with E-state index in [-0.39, 0.29) is 24.5 Å². The maximum Gasteiger partial charge on any atom is 0.338 e. The Kier molecular flexibility index (Phi) is 6.47. The van der Waals surface area contributed by atoms with E-state index in [4.69, 9.17) is 14.2 Å². The van der Waals surface area contributed by atoms with Crippen molar-refractivity contribution >= 4 is 11.9 Å². The van der Waals surface area contributed by atoms with Crippen LogP contribution >= 0.6 is 0 Å². The van der Waals surface area contributed by atoms with Crippen LogP contribution in [0.4, 0.5) is 0 Å². The maximum absolute atomic E-state index is 12.4. The van der Waals surface area contributed by atoms with Crippen LogP contribution in [-0.2, 0) is 9.53 Å². The number of aromatic nitrogens is 1. The monoisotopic (exact) mass is 384 g/mol. The highest BCUT2D eigenvalue weighted by Crippen LogP contribution is 2.34. The second-order valence-electron chi connectivity index (χ2n) is 6.86. The highest BCUT2D eigenvalue weighted by molar-refractivity contribution is 5.91. The number of ether oxygens (including phenoxy) is 3. The molecule has 1 atom stereocenters. The van der Waals surface area contributed by atoms with Crippen molar-refractivity contribution < 1.29 is 23.8 Å². The fourth-order valence-electron chi connectivity index (χ4n) is 2.93. The Bertz CT molecular complexity index is 823. The first kappa shape index (κ1) is 19.7. The number of nitrogens with zero attached hydrogens (tertiary/aromatic N) is 1. The van der Waals surface area contributed by atoms with Crippen LogP contribution in [0, 0.1) is 5.92 Å². The quantitative estimate of drug-likeness (QED) is 0.771. The molecule has 0 radical (unpaired) electrons. The summed E-state index contributed by atoms with van der Waals surface area (Å²) in [6, 6.07) is 8.50. The van der Waals surface area contributed by atoms with E-state index in [0.717, 1.165) is 12.0 Å². The lowest BCUT2D eigenvalue weighted by Gasteiger charge is -2.23. The molecule has 0 aliphatic carbocycles. The predicted molar refractivity (Wildman–Crippen MR) is 102 cm³/mol. The number of fused-ring (bicyclic) bond motifs is 1. The molecule has 0 bridgehead atoms. The molecule has 0 saturated carbocycles. The summed E-state index contributed by atoms with van der Waals surface area (Å²) in [6.45, 7) is 4.89. The van der Waals surface area contributed by atoms with Gasteiger partial charge in [0, 0.05) is 18.8 Å². The summed E-state index contributed by atoms with van der Waals surface area (Å²) in [5.74, 6) is 0.590. The molecule has 1 amide bonds. The van der Waals surface area contributed by atoms with Crippen LogP contribution < -0.4 is 14.8 Å². The van der Waals surface area contributed by atoms with E-state index in [2.05, 4.69) is 10.3 Å². The number of carbonyl (C=O) groups is 2. The first-order chi connectivity index (χ1) is 13.5. The summed E-state index contributed by atoms with van der Waals surface area (Å²) in [5.41, 5.74) is 1.26. The average molecular weight is 384 g/mol. The van der Waals surface area contributed by atoms with Crippen molar-refractivity contribution in [1.82, 2.24) is 10.3 Å². The van der Waals surface area contributed by atoms with Gasteiger partial charge in [-0.25, -0.2) is 4.79 Å². The second-order valence-corrected chi connectivity index (χ2v) is 6.86. The first-order valence-electron chi connectivity index (χ1n) is 9.30. The van der Waals surface area contributed by atoms with Crippen molar-refractivity contribution in [3.05, 3.63) is 53.9 Å². The fraction of sp³-hybridized carbons (Fsp3) is 0.381. The van der Waals surface area contributed by atoms with Crippen molar-refractivity contribution in [3.8, 4) is 11.5 Å². The van der Waals surface area contributed by atoms with E-state index < -0.39 is 5.97 Å². The Labute approximate surface area is 164 Å². The highest BCUT2D eigenvalue weighted by atomic mass is 16.5. The summed E-state index contributed by atoms with van der Waals surface area (Å²) >= 11 is 0. The molecule has 2 aromatic rings. The Morgan fingerprint density at radius 2 is 1.82 bits per heavy atom.